The summed E-state index contributed by atoms with van der Waals surface area (Å²) >= 11 is 1.90. The van der Waals surface area contributed by atoms with Crippen molar-refractivity contribution in [2.75, 3.05) is 0 Å². The molecule has 0 bridgehead atoms. The summed E-state index contributed by atoms with van der Waals surface area (Å²) in [5.41, 5.74) is 7.60. The minimum Gasteiger partial charge on any atom is -0.135 e. The van der Waals surface area contributed by atoms with Gasteiger partial charge in [-0.25, -0.2) is 0 Å². The van der Waals surface area contributed by atoms with Gasteiger partial charge < -0.3 is 0 Å². The third-order valence-corrected chi connectivity index (χ3v) is 11.0. The summed E-state index contributed by atoms with van der Waals surface area (Å²) in [5, 5.41) is 12.9. The molecule has 0 aliphatic heterocycles. The summed E-state index contributed by atoms with van der Waals surface area (Å²) in [6, 6.07) is 62.7. The second-order valence-electron chi connectivity index (χ2n) is 12.4. The number of thiophene rings is 1. The van der Waals surface area contributed by atoms with E-state index in [-0.39, 0.29) is 0 Å². The van der Waals surface area contributed by atoms with Crippen LogP contribution >= 0.6 is 11.3 Å². The Morgan fingerprint density at radius 1 is 0.319 bits per heavy atom. The molecule has 1 heterocycles. The third kappa shape index (κ3) is 4.07. The minimum absolute atomic E-state index is 1.24. The lowest BCUT2D eigenvalue weighted by atomic mass is 9.85. The van der Waals surface area contributed by atoms with E-state index >= 15 is 0 Å². The first kappa shape index (κ1) is 26.5. The standard InChI is InChI=1S/C46H28S/c1-2-13-31-27-34(24-23-29(31)11-1)44-39-19-7-5-17-37(39)43(38-18-6-8-20-40(38)44)33-15-9-14-32(28-33)35-21-10-22-42-45(35)41-26-25-30-12-3-4-16-36(30)46(41)47-42/h1-28H. The van der Waals surface area contributed by atoms with Gasteiger partial charge in [0.15, 0.2) is 0 Å². The molecule has 1 aromatic heterocycles. The zero-order valence-corrected chi connectivity index (χ0v) is 26.4. The molecule has 0 saturated heterocycles. The van der Waals surface area contributed by atoms with E-state index in [4.69, 9.17) is 0 Å². The summed E-state index contributed by atoms with van der Waals surface area (Å²) in [4.78, 5) is 0. The maximum absolute atomic E-state index is 2.41. The summed E-state index contributed by atoms with van der Waals surface area (Å²) in [6.07, 6.45) is 0. The van der Waals surface area contributed by atoms with E-state index in [1.165, 1.54) is 96.6 Å². The van der Waals surface area contributed by atoms with E-state index in [0.29, 0.717) is 0 Å². The summed E-state index contributed by atoms with van der Waals surface area (Å²) in [7, 11) is 0. The van der Waals surface area contributed by atoms with E-state index < -0.39 is 0 Å². The maximum atomic E-state index is 2.41. The van der Waals surface area contributed by atoms with Crippen molar-refractivity contribution >= 4 is 74.6 Å². The van der Waals surface area contributed by atoms with Crippen LogP contribution in [0.4, 0.5) is 0 Å². The molecule has 0 aliphatic carbocycles. The third-order valence-electron chi connectivity index (χ3n) is 9.82. The van der Waals surface area contributed by atoms with Gasteiger partial charge in [0, 0.05) is 20.2 Å². The number of benzene rings is 9. The fraction of sp³-hybridized carbons (Fsp3) is 0. The van der Waals surface area contributed by atoms with Crippen molar-refractivity contribution in [3.8, 4) is 33.4 Å². The Morgan fingerprint density at radius 2 is 0.872 bits per heavy atom. The van der Waals surface area contributed by atoms with E-state index in [9.17, 15) is 0 Å². The molecular weight excluding hydrogens is 585 g/mol. The zero-order valence-electron chi connectivity index (χ0n) is 25.6. The van der Waals surface area contributed by atoms with Crippen molar-refractivity contribution in [2.45, 2.75) is 0 Å². The average molecular weight is 613 g/mol. The molecule has 0 aliphatic rings. The number of fused-ring (bicyclic) bond motifs is 8. The fourth-order valence-electron chi connectivity index (χ4n) is 7.73. The molecule has 1 heteroatoms. The van der Waals surface area contributed by atoms with Crippen LogP contribution in [-0.2, 0) is 0 Å². The van der Waals surface area contributed by atoms with Gasteiger partial charge >= 0.3 is 0 Å². The lowest BCUT2D eigenvalue weighted by Crippen LogP contribution is -1.91. The molecule has 0 spiro atoms. The van der Waals surface area contributed by atoms with Gasteiger partial charge in [-0.15, -0.1) is 11.3 Å². The minimum atomic E-state index is 1.24. The van der Waals surface area contributed by atoms with E-state index in [1.807, 2.05) is 11.3 Å². The van der Waals surface area contributed by atoms with Crippen LogP contribution in [0, 0.1) is 0 Å². The summed E-state index contributed by atoms with van der Waals surface area (Å²) < 4.78 is 2.69. The first-order chi connectivity index (χ1) is 23.3. The quantitative estimate of drug-likeness (QED) is 0.174. The molecule has 0 amide bonds. The molecule has 0 saturated carbocycles. The Hall–Kier alpha value is -5.76. The SMILES string of the molecule is c1cc(-c2c3ccccc3c(-c3ccc4ccccc4c3)c3ccccc23)cc(-c2cccc3sc4c5ccccc5ccc4c23)c1. The molecule has 10 rings (SSSR count). The predicted molar refractivity (Wildman–Crippen MR) is 206 cm³/mol. The van der Waals surface area contributed by atoms with Crippen LogP contribution in [0.5, 0.6) is 0 Å². The molecule has 47 heavy (non-hydrogen) atoms. The van der Waals surface area contributed by atoms with Gasteiger partial charge in [-0.2, -0.15) is 0 Å². The molecule has 10 aromatic rings. The Balaban J connectivity index is 1.23. The van der Waals surface area contributed by atoms with Gasteiger partial charge in [0.25, 0.3) is 0 Å². The van der Waals surface area contributed by atoms with E-state index in [0.717, 1.165) is 0 Å². The van der Waals surface area contributed by atoms with Crippen LogP contribution < -0.4 is 0 Å². The maximum Gasteiger partial charge on any atom is 0.0434 e. The Labute approximate surface area is 276 Å². The van der Waals surface area contributed by atoms with Crippen molar-refractivity contribution in [2.24, 2.45) is 0 Å². The van der Waals surface area contributed by atoms with Crippen molar-refractivity contribution < 1.29 is 0 Å². The molecule has 0 unspecified atom stereocenters. The Bertz CT molecular complexity index is 2800. The van der Waals surface area contributed by atoms with Gasteiger partial charge in [-0.3, -0.25) is 0 Å². The summed E-state index contributed by atoms with van der Waals surface area (Å²) in [5.74, 6) is 0. The van der Waals surface area contributed by atoms with Crippen molar-refractivity contribution in [1.82, 2.24) is 0 Å². The topological polar surface area (TPSA) is 0 Å². The van der Waals surface area contributed by atoms with Crippen LogP contribution in [-0.4, -0.2) is 0 Å². The highest BCUT2D eigenvalue weighted by atomic mass is 32.1. The van der Waals surface area contributed by atoms with E-state index in [1.54, 1.807) is 0 Å². The van der Waals surface area contributed by atoms with Gasteiger partial charge in [-0.1, -0.05) is 152 Å². The van der Waals surface area contributed by atoms with Crippen LogP contribution in [0.3, 0.4) is 0 Å². The van der Waals surface area contributed by atoms with Crippen molar-refractivity contribution in [3.05, 3.63) is 170 Å². The van der Waals surface area contributed by atoms with E-state index in [2.05, 4.69) is 170 Å². The van der Waals surface area contributed by atoms with Crippen molar-refractivity contribution in [3.63, 3.8) is 0 Å². The smallest absolute Gasteiger partial charge is 0.0434 e. The molecule has 0 N–H and O–H groups in total. The highest BCUT2D eigenvalue weighted by Crippen LogP contribution is 2.46. The largest absolute Gasteiger partial charge is 0.135 e. The molecule has 9 aromatic carbocycles. The van der Waals surface area contributed by atoms with Crippen LogP contribution in [0.2, 0.25) is 0 Å². The predicted octanol–water partition coefficient (Wildman–Crippen LogP) is 13.7. The lowest BCUT2D eigenvalue weighted by Gasteiger charge is -2.18. The highest BCUT2D eigenvalue weighted by Gasteiger charge is 2.18. The molecule has 0 fully saturated rings. The van der Waals surface area contributed by atoms with Crippen molar-refractivity contribution in [1.29, 1.82) is 0 Å². The molecule has 0 radical (unpaired) electrons. The van der Waals surface area contributed by atoms with Crippen LogP contribution in [0.25, 0.3) is 96.6 Å². The van der Waals surface area contributed by atoms with Crippen LogP contribution in [0.15, 0.2) is 170 Å². The highest BCUT2D eigenvalue weighted by molar-refractivity contribution is 7.26. The number of rotatable bonds is 3. The van der Waals surface area contributed by atoms with Gasteiger partial charge in [0.2, 0.25) is 0 Å². The van der Waals surface area contributed by atoms with Gasteiger partial charge in [-0.05, 0) is 94.7 Å². The van der Waals surface area contributed by atoms with Gasteiger partial charge in [0.05, 0.1) is 0 Å². The first-order valence-corrected chi connectivity index (χ1v) is 17.0. The average Bonchev–Trinajstić information content (AvgIpc) is 3.53. The molecule has 218 valence electrons. The Morgan fingerprint density at radius 3 is 1.60 bits per heavy atom. The molecular formula is C46H28S. The van der Waals surface area contributed by atoms with Crippen LogP contribution in [0.1, 0.15) is 0 Å². The normalized spacial score (nSPS) is 11.8. The molecule has 0 atom stereocenters. The van der Waals surface area contributed by atoms with Gasteiger partial charge in [0.1, 0.15) is 0 Å². The zero-order chi connectivity index (χ0) is 30.9. The monoisotopic (exact) mass is 612 g/mol. The first-order valence-electron chi connectivity index (χ1n) is 16.2. The second-order valence-corrected chi connectivity index (χ2v) is 13.5. The summed E-state index contributed by atoms with van der Waals surface area (Å²) in [6.45, 7) is 0. The fourth-order valence-corrected chi connectivity index (χ4v) is 9.00. The second kappa shape index (κ2) is 10.4. The molecule has 0 nitrogen and oxygen atoms in total. The lowest BCUT2D eigenvalue weighted by molar-refractivity contribution is 1.64. The number of hydrogen-bond acceptors (Lipinski definition) is 1. The Kier molecular flexibility index (Phi) is 5.85. The number of hydrogen-bond donors (Lipinski definition) is 0.